The lowest BCUT2D eigenvalue weighted by atomic mass is 10.0. The van der Waals surface area contributed by atoms with Gasteiger partial charge in [0.1, 0.15) is 23.7 Å². The van der Waals surface area contributed by atoms with Gasteiger partial charge >= 0.3 is 12.1 Å². The number of ether oxygens (including phenoxy) is 2. The molecule has 3 fully saturated rings. The number of rotatable bonds is 4. The molecule has 0 unspecified atom stereocenters. The van der Waals surface area contributed by atoms with Gasteiger partial charge in [-0.1, -0.05) is 31.9 Å². The summed E-state index contributed by atoms with van der Waals surface area (Å²) >= 11 is 0. The third kappa shape index (κ3) is 6.03. The zero-order chi connectivity index (χ0) is 25.7. The molecule has 0 radical (unpaired) electrons. The molecule has 9 heteroatoms. The molecule has 0 aromatic carbocycles. The fraction of sp³-hybridized carbons (Fsp3) is 0.778. The first-order chi connectivity index (χ1) is 17.3. The van der Waals surface area contributed by atoms with Gasteiger partial charge in [0.15, 0.2) is 0 Å². The van der Waals surface area contributed by atoms with Crippen LogP contribution in [0.15, 0.2) is 12.2 Å². The Balaban J connectivity index is 1.52. The second-order valence-electron chi connectivity index (χ2n) is 10.9. The molecule has 2 saturated carbocycles. The van der Waals surface area contributed by atoms with Gasteiger partial charge in [-0.3, -0.25) is 9.59 Å². The highest BCUT2D eigenvalue weighted by molar-refractivity contribution is 5.96. The second kappa shape index (κ2) is 11.6. The predicted octanol–water partition coefficient (Wildman–Crippen LogP) is 3.22. The van der Waals surface area contributed by atoms with Crippen molar-refractivity contribution < 1.29 is 28.7 Å². The molecule has 9 nitrogen and oxygen atoms in total. The van der Waals surface area contributed by atoms with Crippen molar-refractivity contribution >= 4 is 23.9 Å². The van der Waals surface area contributed by atoms with Crippen molar-refractivity contribution in [3.63, 3.8) is 0 Å². The van der Waals surface area contributed by atoms with Gasteiger partial charge in [0, 0.05) is 12.5 Å². The average molecular weight is 504 g/mol. The van der Waals surface area contributed by atoms with E-state index in [9.17, 15) is 19.2 Å². The first-order valence-corrected chi connectivity index (χ1v) is 13.8. The van der Waals surface area contributed by atoms with Crippen molar-refractivity contribution in [2.45, 2.75) is 108 Å². The summed E-state index contributed by atoms with van der Waals surface area (Å²) in [6.07, 6.45) is 12.2. The monoisotopic (exact) mass is 503 g/mol. The molecule has 0 aromatic heterocycles. The molecule has 200 valence electrons. The number of fused-ring (bicyclic) bond motifs is 2. The lowest BCUT2D eigenvalue weighted by Gasteiger charge is -2.30. The number of allylic oxidation sites excluding steroid dienone is 1. The lowest BCUT2D eigenvalue weighted by molar-refractivity contribution is -0.150. The van der Waals surface area contributed by atoms with Gasteiger partial charge in [0.25, 0.3) is 0 Å². The molecule has 36 heavy (non-hydrogen) atoms. The molecule has 2 N–H and O–H groups in total. The SMILES string of the molecule is CCOC(=O)[C@@]12C[C@H]1/C=C\CCCCC[C@H](NC(=O)OC1CCCC1)C(=O)N1C[C@@H](C)C[C@H]1C(=O)N2. The van der Waals surface area contributed by atoms with E-state index >= 15 is 0 Å². The largest absolute Gasteiger partial charge is 0.464 e. The molecule has 3 amide bonds. The molecule has 2 heterocycles. The van der Waals surface area contributed by atoms with Crippen LogP contribution in [0.4, 0.5) is 4.79 Å². The van der Waals surface area contributed by atoms with Crippen LogP contribution >= 0.6 is 0 Å². The molecule has 0 spiro atoms. The zero-order valence-corrected chi connectivity index (χ0v) is 21.6. The first-order valence-electron chi connectivity index (χ1n) is 13.8. The zero-order valence-electron chi connectivity index (χ0n) is 21.6. The predicted molar refractivity (Wildman–Crippen MR) is 133 cm³/mol. The minimum Gasteiger partial charge on any atom is -0.464 e. The summed E-state index contributed by atoms with van der Waals surface area (Å²) in [7, 11) is 0. The second-order valence-corrected chi connectivity index (χ2v) is 10.9. The maximum Gasteiger partial charge on any atom is 0.408 e. The molecule has 4 aliphatic rings. The smallest absolute Gasteiger partial charge is 0.408 e. The minimum absolute atomic E-state index is 0.0926. The number of alkyl carbamates (subject to hydrolysis) is 1. The van der Waals surface area contributed by atoms with Crippen molar-refractivity contribution in [1.82, 2.24) is 15.5 Å². The van der Waals surface area contributed by atoms with Crippen LogP contribution in [0.1, 0.15) is 84.5 Å². The number of esters is 1. The summed E-state index contributed by atoms with van der Waals surface area (Å²) < 4.78 is 10.9. The maximum absolute atomic E-state index is 13.7. The van der Waals surface area contributed by atoms with E-state index in [4.69, 9.17) is 9.47 Å². The molecular formula is C27H41N3O6. The van der Waals surface area contributed by atoms with Gasteiger partial charge in [0.05, 0.1) is 6.61 Å². The maximum atomic E-state index is 13.7. The van der Waals surface area contributed by atoms with E-state index in [-0.39, 0.29) is 36.4 Å². The normalized spacial score (nSPS) is 34.4. The van der Waals surface area contributed by atoms with Crippen LogP contribution in [0.3, 0.4) is 0 Å². The summed E-state index contributed by atoms with van der Waals surface area (Å²) in [5.74, 6) is -0.987. The van der Waals surface area contributed by atoms with E-state index in [2.05, 4.69) is 16.7 Å². The van der Waals surface area contributed by atoms with Crippen molar-refractivity contribution in [3.8, 4) is 0 Å². The van der Waals surface area contributed by atoms with Gasteiger partial charge in [-0.2, -0.15) is 0 Å². The first kappa shape index (κ1) is 26.5. The highest BCUT2D eigenvalue weighted by Crippen LogP contribution is 2.46. The van der Waals surface area contributed by atoms with E-state index < -0.39 is 29.7 Å². The van der Waals surface area contributed by atoms with Gasteiger partial charge in [-0.15, -0.1) is 0 Å². The topological polar surface area (TPSA) is 114 Å². The van der Waals surface area contributed by atoms with Crippen LogP contribution < -0.4 is 10.6 Å². The molecule has 5 atom stereocenters. The van der Waals surface area contributed by atoms with Crippen molar-refractivity contribution in [2.24, 2.45) is 11.8 Å². The highest BCUT2D eigenvalue weighted by atomic mass is 16.6. The van der Waals surface area contributed by atoms with E-state index in [1.54, 1.807) is 11.8 Å². The van der Waals surface area contributed by atoms with Gasteiger partial charge < -0.3 is 25.0 Å². The van der Waals surface area contributed by atoms with Crippen LogP contribution in [0.25, 0.3) is 0 Å². The Morgan fingerprint density at radius 2 is 1.89 bits per heavy atom. The summed E-state index contributed by atoms with van der Waals surface area (Å²) in [6, 6.07) is -1.43. The van der Waals surface area contributed by atoms with Gasteiger partial charge in [-0.05, 0) is 70.6 Å². The molecule has 1 saturated heterocycles. The van der Waals surface area contributed by atoms with Crippen molar-refractivity contribution in [1.29, 1.82) is 0 Å². The highest BCUT2D eigenvalue weighted by Gasteiger charge is 2.62. The van der Waals surface area contributed by atoms with Gasteiger partial charge in [-0.25, -0.2) is 9.59 Å². The number of hydrogen-bond donors (Lipinski definition) is 2. The molecule has 2 aliphatic heterocycles. The fourth-order valence-electron chi connectivity index (χ4n) is 5.89. The van der Waals surface area contributed by atoms with Crippen molar-refractivity contribution in [3.05, 3.63) is 12.2 Å². The van der Waals surface area contributed by atoms with E-state index in [0.29, 0.717) is 25.8 Å². The summed E-state index contributed by atoms with van der Waals surface area (Å²) in [5, 5.41) is 5.78. The van der Waals surface area contributed by atoms with E-state index in [1.165, 1.54) is 0 Å². The summed E-state index contributed by atoms with van der Waals surface area (Å²) in [6.45, 7) is 4.43. The van der Waals surface area contributed by atoms with Crippen LogP contribution in [0.2, 0.25) is 0 Å². The fourth-order valence-corrected chi connectivity index (χ4v) is 5.89. The number of amides is 3. The van der Waals surface area contributed by atoms with E-state index in [0.717, 1.165) is 51.4 Å². The Morgan fingerprint density at radius 3 is 2.64 bits per heavy atom. The lowest BCUT2D eigenvalue weighted by Crippen LogP contribution is -2.56. The number of hydrogen-bond acceptors (Lipinski definition) is 6. The average Bonchev–Trinajstić information content (AvgIpc) is 3.13. The molecule has 2 aliphatic carbocycles. The Labute approximate surface area is 213 Å². The number of nitrogens with one attached hydrogen (secondary N) is 2. The quantitative estimate of drug-likeness (QED) is 0.450. The molecule has 0 aromatic rings. The van der Waals surface area contributed by atoms with Crippen LogP contribution in [0.5, 0.6) is 0 Å². The van der Waals surface area contributed by atoms with Crippen molar-refractivity contribution in [2.75, 3.05) is 13.2 Å². The number of carbonyl (C=O) groups excluding carboxylic acids is 4. The molecular weight excluding hydrogens is 462 g/mol. The van der Waals surface area contributed by atoms with E-state index in [1.807, 2.05) is 13.0 Å². The Bertz CT molecular complexity index is 870. The molecule has 0 bridgehead atoms. The Kier molecular flexibility index (Phi) is 8.57. The summed E-state index contributed by atoms with van der Waals surface area (Å²) in [4.78, 5) is 54.2. The Morgan fingerprint density at radius 1 is 1.14 bits per heavy atom. The summed E-state index contributed by atoms with van der Waals surface area (Å²) in [5.41, 5.74) is -1.06. The third-order valence-corrected chi connectivity index (χ3v) is 7.99. The standard InChI is InChI=1S/C27H41N3O6/c1-3-35-25(33)27-16-19(27)11-7-5-4-6-8-14-21(28-26(34)36-20-12-9-10-13-20)24(32)30-17-18(2)15-22(30)23(31)29-27/h7,11,18-22H,3-6,8-10,12-17H2,1-2H3,(H,28,34)(H,29,31)/b11-7-/t18-,19+,21-,22-,27+/m0/s1. The molecule has 4 rings (SSSR count). The van der Waals surface area contributed by atoms with Crippen LogP contribution in [-0.2, 0) is 23.9 Å². The Hall–Kier alpha value is -2.58. The van der Waals surface area contributed by atoms with Gasteiger partial charge in [0.2, 0.25) is 11.8 Å². The number of nitrogens with zero attached hydrogens (tertiary/aromatic N) is 1. The van der Waals surface area contributed by atoms with Crippen LogP contribution in [0, 0.1) is 11.8 Å². The third-order valence-electron chi connectivity index (χ3n) is 7.99. The van der Waals surface area contributed by atoms with Crippen LogP contribution in [-0.4, -0.2) is 65.7 Å². The number of carbonyl (C=O) groups is 4. The minimum atomic E-state index is -1.06.